The number of aromatic amines is 1. The summed E-state index contributed by atoms with van der Waals surface area (Å²) in [5.74, 6) is 0.648. The highest BCUT2D eigenvalue weighted by atomic mass is 16.5. The van der Waals surface area contributed by atoms with Gasteiger partial charge in [0.05, 0.1) is 19.9 Å². The minimum Gasteiger partial charge on any atom is -0.497 e. The molecule has 0 radical (unpaired) electrons. The summed E-state index contributed by atoms with van der Waals surface area (Å²) in [7, 11) is 3.03. The fraction of sp³-hybridized carbons (Fsp3) is 0.143. The van der Waals surface area contributed by atoms with E-state index in [1.54, 1.807) is 18.2 Å². The lowest BCUT2D eigenvalue weighted by Crippen LogP contribution is -2.18. The Kier molecular flexibility index (Phi) is 4.05. The quantitative estimate of drug-likeness (QED) is 0.888. The largest absolute Gasteiger partial charge is 0.497 e. The van der Waals surface area contributed by atoms with Gasteiger partial charge in [-0.05, 0) is 18.2 Å². The molecule has 0 aliphatic carbocycles. The van der Waals surface area contributed by atoms with Gasteiger partial charge in [-0.3, -0.25) is 9.59 Å². The fourth-order valence-electron chi connectivity index (χ4n) is 1.68. The maximum Gasteiger partial charge on any atom is 0.272 e. The van der Waals surface area contributed by atoms with Crippen molar-refractivity contribution >= 4 is 11.6 Å². The molecule has 0 atom stereocenters. The van der Waals surface area contributed by atoms with Crippen molar-refractivity contribution in [1.29, 1.82) is 0 Å². The van der Waals surface area contributed by atoms with Crippen molar-refractivity contribution in [2.45, 2.75) is 0 Å². The molecule has 0 unspecified atom stereocenters. The number of ether oxygens (including phenoxy) is 2. The molecule has 0 aliphatic rings. The van der Waals surface area contributed by atoms with Crippen LogP contribution in [0.5, 0.6) is 11.5 Å². The van der Waals surface area contributed by atoms with E-state index in [1.165, 1.54) is 32.4 Å². The maximum absolute atomic E-state index is 12.1. The van der Waals surface area contributed by atoms with Crippen LogP contribution in [-0.4, -0.2) is 25.1 Å². The number of H-pyrrole nitrogens is 1. The Morgan fingerprint density at radius 1 is 1.15 bits per heavy atom. The van der Waals surface area contributed by atoms with Gasteiger partial charge in [0, 0.05) is 12.1 Å². The predicted octanol–water partition coefficient (Wildman–Crippen LogP) is 1.64. The number of anilines is 1. The topological polar surface area (TPSA) is 80.4 Å². The van der Waals surface area contributed by atoms with E-state index in [4.69, 9.17) is 9.47 Å². The minimum atomic E-state index is -0.436. The average Bonchev–Trinajstić information content (AvgIpc) is 2.47. The van der Waals surface area contributed by atoms with Crippen LogP contribution in [0.15, 0.2) is 41.2 Å². The first-order valence-electron chi connectivity index (χ1n) is 5.87. The zero-order valence-electron chi connectivity index (χ0n) is 11.1. The van der Waals surface area contributed by atoms with Crippen LogP contribution in [0.1, 0.15) is 10.5 Å². The molecule has 104 valence electrons. The van der Waals surface area contributed by atoms with Gasteiger partial charge in [-0.15, -0.1) is 0 Å². The second-order valence-electron chi connectivity index (χ2n) is 3.95. The van der Waals surface area contributed by atoms with E-state index in [1.807, 2.05) is 0 Å². The summed E-state index contributed by atoms with van der Waals surface area (Å²) in [6.45, 7) is 0. The van der Waals surface area contributed by atoms with Gasteiger partial charge in [-0.25, -0.2) is 0 Å². The number of benzene rings is 1. The first kappa shape index (κ1) is 13.7. The molecule has 1 aromatic heterocycles. The predicted molar refractivity (Wildman–Crippen MR) is 74.6 cm³/mol. The lowest BCUT2D eigenvalue weighted by atomic mass is 10.2. The second kappa shape index (κ2) is 5.92. The summed E-state index contributed by atoms with van der Waals surface area (Å²) in [5.41, 5.74) is 0.291. The van der Waals surface area contributed by atoms with Crippen molar-refractivity contribution in [3.05, 3.63) is 52.4 Å². The molecular formula is C14H14N2O4. The summed E-state index contributed by atoms with van der Waals surface area (Å²) in [6, 6.07) is 9.40. The minimum absolute atomic E-state index is 0.169. The molecule has 2 N–H and O–H groups in total. The van der Waals surface area contributed by atoms with Crippen LogP contribution < -0.4 is 20.3 Å². The van der Waals surface area contributed by atoms with E-state index in [0.717, 1.165) is 0 Å². The number of nitrogens with one attached hydrogen (secondary N) is 2. The van der Waals surface area contributed by atoms with Gasteiger partial charge >= 0.3 is 0 Å². The van der Waals surface area contributed by atoms with Crippen LogP contribution in [-0.2, 0) is 0 Å². The van der Waals surface area contributed by atoms with Gasteiger partial charge < -0.3 is 19.8 Å². The van der Waals surface area contributed by atoms with Gasteiger partial charge in [0.25, 0.3) is 5.91 Å². The molecule has 0 saturated heterocycles. The number of amides is 1. The molecule has 2 aromatic rings. The Morgan fingerprint density at radius 3 is 2.60 bits per heavy atom. The first-order chi connectivity index (χ1) is 9.63. The molecule has 6 nitrogen and oxygen atoms in total. The van der Waals surface area contributed by atoms with Crippen LogP contribution in [0.4, 0.5) is 5.69 Å². The van der Waals surface area contributed by atoms with Crippen molar-refractivity contribution in [2.75, 3.05) is 19.5 Å². The number of carbonyl (C=O) groups excluding carboxylic acids is 1. The number of hydrogen-bond acceptors (Lipinski definition) is 4. The molecule has 1 amide bonds. The van der Waals surface area contributed by atoms with Gasteiger partial charge in [0.2, 0.25) is 5.56 Å². The van der Waals surface area contributed by atoms with Crippen LogP contribution >= 0.6 is 0 Å². The normalized spacial score (nSPS) is 9.90. The number of rotatable bonds is 4. The van der Waals surface area contributed by atoms with Crippen molar-refractivity contribution in [3.63, 3.8) is 0 Å². The van der Waals surface area contributed by atoms with E-state index in [9.17, 15) is 9.59 Å². The van der Waals surface area contributed by atoms with E-state index in [-0.39, 0.29) is 11.3 Å². The molecule has 0 bridgehead atoms. The van der Waals surface area contributed by atoms with E-state index >= 15 is 0 Å². The number of methoxy groups -OCH3 is 2. The number of carbonyl (C=O) groups is 1. The first-order valence-corrected chi connectivity index (χ1v) is 5.87. The van der Waals surface area contributed by atoms with Crippen molar-refractivity contribution in [1.82, 2.24) is 4.98 Å². The summed E-state index contributed by atoms with van der Waals surface area (Å²) < 4.78 is 10.3. The van der Waals surface area contributed by atoms with Crippen LogP contribution in [0.3, 0.4) is 0 Å². The standard InChI is InChI=1S/C14H14N2O4/c1-19-9-6-7-12(20-2)11(8-9)16-14(18)10-4-3-5-13(17)15-10/h3-8H,1-2H3,(H,15,17)(H,16,18). The molecule has 0 spiro atoms. The number of pyridine rings is 1. The highest BCUT2D eigenvalue weighted by molar-refractivity contribution is 6.03. The van der Waals surface area contributed by atoms with Crippen molar-refractivity contribution in [3.8, 4) is 11.5 Å². The van der Waals surface area contributed by atoms with Gasteiger partial charge in [0.1, 0.15) is 17.2 Å². The second-order valence-corrected chi connectivity index (χ2v) is 3.95. The summed E-state index contributed by atoms with van der Waals surface area (Å²) in [4.78, 5) is 25.7. The van der Waals surface area contributed by atoms with Crippen LogP contribution in [0, 0.1) is 0 Å². The van der Waals surface area contributed by atoms with E-state index in [2.05, 4.69) is 10.3 Å². The summed E-state index contributed by atoms with van der Waals surface area (Å²) in [6.07, 6.45) is 0. The zero-order valence-corrected chi connectivity index (χ0v) is 11.1. The molecular weight excluding hydrogens is 260 g/mol. The smallest absolute Gasteiger partial charge is 0.272 e. The van der Waals surface area contributed by atoms with Crippen molar-refractivity contribution < 1.29 is 14.3 Å². The Morgan fingerprint density at radius 2 is 1.95 bits per heavy atom. The average molecular weight is 274 g/mol. The lowest BCUT2D eigenvalue weighted by Gasteiger charge is -2.11. The molecule has 2 rings (SSSR count). The Labute approximate surface area is 115 Å². The molecule has 0 fully saturated rings. The van der Waals surface area contributed by atoms with Crippen LogP contribution in [0.25, 0.3) is 0 Å². The number of hydrogen-bond donors (Lipinski definition) is 2. The lowest BCUT2D eigenvalue weighted by molar-refractivity contribution is 0.102. The summed E-state index contributed by atoms with van der Waals surface area (Å²) in [5, 5.41) is 2.67. The molecule has 1 heterocycles. The fourth-order valence-corrected chi connectivity index (χ4v) is 1.68. The van der Waals surface area contributed by atoms with Gasteiger partial charge in [0.15, 0.2) is 0 Å². The third-order valence-electron chi connectivity index (χ3n) is 2.67. The monoisotopic (exact) mass is 274 g/mol. The third kappa shape index (κ3) is 2.97. The van der Waals surface area contributed by atoms with Crippen molar-refractivity contribution in [2.24, 2.45) is 0 Å². The highest BCUT2D eigenvalue weighted by Gasteiger charge is 2.11. The molecule has 1 aromatic carbocycles. The Bertz CT molecular complexity index is 679. The van der Waals surface area contributed by atoms with Crippen LogP contribution in [0.2, 0.25) is 0 Å². The molecule has 0 aliphatic heterocycles. The molecule has 20 heavy (non-hydrogen) atoms. The Balaban J connectivity index is 2.29. The van der Waals surface area contributed by atoms with Gasteiger partial charge in [-0.2, -0.15) is 0 Å². The summed E-state index contributed by atoms with van der Waals surface area (Å²) >= 11 is 0. The maximum atomic E-state index is 12.1. The van der Waals surface area contributed by atoms with E-state index in [0.29, 0.717) is 17.2 Å². The molecule has 6 heteroatoms. The number of aromatic nitrogens is 1. The third-order valence-corrected chi connectivity index (χ3v) is 2.67. The molecule has 0 saturated carbocycles. The zero-order chi connectivity index (χ0) is 14.5. The highest BCUT2D eigenvalue weighted by Crippen LogP contribution is 2.29. The SMILES string of the molecule is COc1ccc(OC)c(NC(=O)c2cccc(=O)[nH]2)c1. The Hall–Kier alpha value is -2.76. The van der Waals surface area contributed by atoms with Gasteiger partial charge in [-0.1, -0.05) is 6.07 Å². The van der Waals surface area contributed by atoms with E-state index < -0.39 is 5.91 Å².